The summed E-state index contributed by atoms with van der Waals surface area (Å²) >= 11 is 0. The third kappa shape index (κ3) is 4.21. The molecule has 1 aliphatic heterocycles. The summed E-state index contributed by atoms with van der Waals surface area (Å²) < 4.78 is 31.5. The van der Waals surface area contributed by atoms with E-state index in [1.165, 1.54) is 0 Å². The van der Waals surface area contributed by atoms with Crippen LogP contribution in [0.4, 0.5) is 0 Å². The van der Waals surface area contributed by atoms with Crippen molar-refractivity contribution in [3.63, 3.8) is 0 Å². The molecule has 0 radical (unpaired) electrons. The van der Waals surface area contributed by atoms with E-state index in [2.05, 4.69) is 5.32 Å². The molecular weight excluding hydrogens is 240 g/mol. The van der Waals surface area contributed by atoms with Crippen LogP contribution >= 0.6 is 0 Å². The SMILES string of the molecule is CC(C)NCC(C)S(=O)(=O)N1CCOC(C)C1. The number of ether oxygens (including phenoxy) is 1. The van der Waals surface area contributed by atoms with Crippen molar-refractivity contribution in [3.05, 3.63) is 0 Å². The summed E-state index contributed by atoms with van der Waals surface area (Å²) in [6.07, 6.45) is -0.0104. The van der Waals surface area contributed by atoms with E-state index in [0.29, 0.717) is 32.3 Å². The molecule has 17 heavy (non-hydrogen) atoms. The number of hydrogen-bond donors (Lipinski definition) is 1. The summed E-state index contributed by atoms with van der Waals surface area (Å²) in [4.78, 5) is 0. The Bertz CT molecular complexity index is 330. The Hall–Kier alpha value is -0.170. The van der Waals surface area contributed by atoms with Crippen LogP contribution in [0.25, 0.3) is 0 Å². The van der Waals surface area contributed by atoms with Gasteiger partial charge < -0.3 is 10.1 Å². The number of nitrogens with zero attached hydrogens (tertiary/aromatic N) is 1. The second-order valence-electron chi connectivity index (χ2n) is 4.96. The molecule has 0 aromatic carbocycles. The monoisotopic (exact) mass is 264 g/mol. The summed E-state index contributed by atoms with van der Waals surface area (Å²) in [5.41, 5.74) is 0. The molecule has 1 N–H and O–H groups in total. The highest BCUT2D eigenvalue weighted by Crippen LogP contribution is 2.14. The van der Waals surface area contributed by atoms with Crippen molar-refractivity contribution in [3.8, 4) is 0 Å². The Kier molecular flexibility index (Phi) is 5.37. The molecule has 1 heterocycles. The van der Waals surface area contributed by atoms with Crippen LogP contribution in [0.15, 0.2) is 0 Å². The van der Waals surface area contributed by atoms with Gasteiger partial charge in [-0.25, -0.2) is 8.42 Å². The summed E-state index contributed by atoms with van der Waals surface area (Å²) in [5, 5.41) is 2.77. The quantitative estimate of drug-likeness (QED) is 0.782. The van der Waals surface area contributed by atoms with Crippen molar-refractivity contribution in [1.29, 1.82) is 0 Å². The molecule has 2 atom stereocenters. The normalized spacial score (nSPS) is 25.1. The molecular formula is C11H24N2O3S. The highest BCUT2D eigenvalue weighted by molar-refractivity contribution is 7.89. The number of hydrogen-bond acceptors (Lipinski definition) is 4. The average molecular weight is 264 g/mol. The maximum Gasteiger partial charge on any atom is 0.218 e. The van der Waals surface area contributed by atoms with Gasteiger partial charge in [-0.05, 0) is 13.8 Å². The summed E-state index contributed by atoms with van der Waals surface area (Å²) in [6, 6.07) is 0.302. The first-order valence-electron chi connectivity index (χ1n) is 6.18. The molecule has 0 aliphatic carbocycles. The topological polar surface area (TPSA) is 58.6 Å². The fourth-order valence-electron chi connectivity index (χ4n) is 1.78. The molecule has 5 nitrogen and oxygen atoms in total. The van der Waals surface area contributed by atoms with Gasteiger partial charge in [0.15, 0.2) is 0 Å². The molecule has 0 aromatic heterocycles. The van der Waals surface area contributed by atoms with Crippen molar-refractivity contribution in [1.82, 2.24) is 9.62 Å². The first kappa shape index (κ1) is 14.9. The van der Waals surface area contributed by atoms with Gasteiger partial charge >= 0.3 is 0 Å². The highest BCUT2D eigenvalue weighted by atomic mass is 32.2. The van der Waals surface area contributed by atoms with Gasteiger partial charge in [0.25, 0.3) is 0 Å². The van der Waals surface area contributed by atoms with E-state index in [-0.39, 0.29) is 6.10 Å². The van der Waals surface area contributed by atoms with E-state index in [1.807, 2.05) is 20.8 Å². The van der Waals surface area contributed by atoms with Crippen LogP contribution in [0, 0.1) is 0 Å². The van der Waals surface area contributed by atoms with Gasteiger partial charge in [-0.1, -0.05) is 13.8 Å². The average Bonchev–Trinajstić information content (AvgIpc) is 2.25. The summed E-state index contributed by atoms with van der Waals surface area (Å²) in [5.74, 6) is 0. The molecule has 0 amide bonds. The lowest BCUT2D eigenvalue weighted by atomic mass is 10.3. The second-order valence-corrected chi connectivity index (χ2v) is 7.31. The second kappa shape index (κ2) is 6.13. The lowest BCUT2D eigenvalue weighted by Crippen LogP contribution is -2.49. The lowest BCUT2D eigenvalue weighted by molar-refractivity contribution is 0.00991. The molecule has 0 saturated carbocycles. The van der Waals surface area contributed by atoms with Crippen molar-refractivity contribution in [2.24, 2.45) is 0 Å². The zero-order chi connectivity index (χ0) is 13.1. The molecule has 6 heteroatoms. The molecule has 0 spiro atoms. The third-order valence-electron chi connectivity index (χ3n) is 2.89. The molecule has 0 bridgehead atoms. The Balaban J connectivity index is 2.59. The highest BCUT2D eigenvalue weighted by Gasteiger charge is 2.31. The van der Waals surface area contributed by atoms with Gasteiger partial charge in [-0.15, -0.1) is 0 Å². The third-order valence-corrected chi connectivity index (χ3v) is 5.12. The fourth-order valence-corrected chi connectivity index (χ4v) is 3.34. The van der Waals surface area contributed by atoms with Crippen LogP contribution in [-0.2, 0) is 14.8 Å². The smallest absolute Gasteiger partial charge is 0.218 e. The van der Waals surface area contributed by atoms with E-state index in [1.54, 1.807) is 11.2 Å². The van der Waals surface area contributed by atoms with Gasteiger partial charge in [-0.2, -0.15) is 4.31 Å². The van der Waals surface area contributed by atoms with Gasteiger partial charge in [0.2, 0.25) is 10.0 Å². The van der Waals surface area contributed by atoms with E-state index >= 15 is 0 Å². The number of nitrogens with one attached hydrogen (secondary N) is 1. The minimum Gasteiger partial charge on any atom is -0.376 e. The van der Waals surface area contributed by atoms with Crippen LogP contribution in [-0.4, -0.2) is 56.4 Å². The van der Waals surface area contributed by atoms with E-state index in [0.717, 1.165) is 0 Å². The van der Waals surface area contributed by atoms with Crippen LogP contribution in [0.3, 0.4) is 0 Å². The van der Waals surface area contributed by atoms with Gasteiger partial charge in [0.1, 0.15) is 0 Å². The van der Waals surface area contributed by atoms with Crippen molar-refractivity contribution < 1.29 is 13.2 Å². The molecule has 1 saturated heterocycles. The minimum atomic E-state index is -3.20. The zero-order valence-corrected chi connectivity index (χ0v) is 12.0. The number of sulfonamides is 1. The summed E-state index contributed by atoms with van der Waals surface area (Å²) in [7, 11) is -3.20. The Morgan fingerprint density at radius 2 is 2.06 bits per heavy atom. The van der Waals surface area contributed by atoms with Crippen molar-refractivity contribution >= 4 is 10.0 Å². The predicted molar refractivity (Wildman–Crippen MR) is 68.5 cm³/mol. The van der Waals surface area contributed by atoms with E-state index < -0.39 is 15.3 Å². The lowest BCUT2D eigenvalue weighted by Gasteiger charge is -2.32. The van der Waals surface area contributed by atoms with Gasteiger partial charge in [0, 0.05) is 25.7 Å². The van der Waals surface area contributed by atoms with Crippen LogP contribution < -0.4 is 5.32 Å². The van der Waals surface area contributed by atoms with Crippen LogP contribution in [0.2, 0.25) is 0 Å². The molecule has 2 unspecified atom stereocenters. The molecule has 0 aromatic rings. The van der Waals surface area contributed by atoms with E-state index in [4.69, 9.17) is 4.74 Å². The van der Waals surface area contributed by atoms with Gasteiger partial charge in [0.05, 0.1) is 18.0 Å². The molecule has 1 aliphatic rings. The maximum atomic E-state index is 12.3. The fraction of sp³-hybridized carbons (Fsp3) is 1.00. The van der Waals surface area contributed by atoms with E-state index in [9.17, 15) is 8.42 Å². The van der Waals surface area contributed by atoms with Crippen molar-refractivity contribution in [2.45, 2.75) is 45.1 Å². The summed E-state index contributed by atoms with van der Waals surface area (Å²) in [6.45, 7) is 9.60. The largest absolute Gasteiger partial charge is 0.376 e. The first-order valence-corrected chi connectivity index (χ1v) is 7.68. The maximum absolute atomic E-state index is 12.3. The standard InChI is InChI=1S/C11H24N2O3S/c1-9(2)12-7-11(4)17(14,15)13-5-6-16-10(3)8-13/h9-12H,5-8H2,1-4H3. The Morgan fingerprint density at radius 1 is 1.41 bits per heavy atom. The van der Waals surface area contributed by atoms with Crippen LogP contribution in [0.5, 0.6) is 0 Å². The predicted octanol–water partition coefficient (Wildman–Crippen LogP) is 0.423. The number of rotatable bonds is 5. The molecule has 1 rings (SSSR count). The Labute approximate surface area is 105 Å². The minimum absolute atomic E-state index is 0.0104. The van der Waals surface area contributed by atoms with Crippen LogP contribution in [0.1, 0.15) is 27.7 Å². The number of morpholine rings is 1. The van der Waals surface area contributed by atoms with Crippen molar-refractivity contribution in [2.75, 3.05) is 26.2 Å². The zero-order valence-electron chi connectivity index (χ0n) is 11.1. The Morgan fingerprint density at radius 3 is 2.59 bits per heavy atom. The van der Waals surface area contributed by atoms with Gasteiger partial charge in [-0.3, -0.25) is 0 Å². The molecule has 102 valence electrons. The first-order chi connectivity index (χ1) is 7.84. The molecule has 1 fully saturated rings.